The lowest BCUT2D eigenvalue weighted by Gasteiger charge is -2.30. The molecule has 4 aromatic rings. The Labute approximate surface area is 229 Å². The highest BCUT2D eigenvalue weighted by atomic mass is 32.2. The molecule has 0 spiro atoms. The Balaban J connectivity index is 1.44. The van der Waals surface area contributed by atoms with Gasteiger partial charge in [0.15, 0.2) is 22.0 Å². The summed E-state index contributed by atoms with van der Waals surface area (Å²) in [5.41, 5.74) is 4.05. The summed E-state index contributed by atoms with van der Waals surface area (Å²) in [7, 11) is -3.91. The van der Waals surface area contributed by atoms with Crippen molar-refractivity contribution in [2.75, 3.05) is 18.8 Å². The molecule has 1 unspecified atom stereocenters. The number of hydrogen-bond donors (Lipinski definition) is 2. The number of rotatable bonds is 7. The molecule has 5 rings (SSSR count). The zero-order valence-corrected chi connectivity index (χ0v) is 22.5. The molecule has 2 amide bonds. The molecule has 4 heterocycles. The number of nitrogens with zero attached hydrogens (tertiary/aromatic N) is 3. The Kier molecular flexibility index (Phi) is 7.60. The van der Waals surface area contributed by atoms with Gasteiger partial charge in [0.2, 0.25) is 11.8 Å². The van der Waals surface area contributed by atoms with Gasteiger partial charge < -0.3 is 9.32 Å². The second-order valence-corrected chi connectivity index (χ2v) is 12.8. The van der Waals surface area contributed by atoms with Gasteiger partial charge in [0.1, 0.15) is 4.75 Å². The van der Waals surface area contributed by atoms with Crippen LogP contribution in [0.1, 0.15) is 23.3 Å². The Morgan fingerprint density at radius 1 is 1.05 bits per heavy atom. The van der Waals surface area contributed by atoms with Crippen LogP contribution in [0.25, 0.3) is 21.8 Å². The van der Waals surface area contributed by atoms with Crippen molar-refractivity contribution in [1.82, 2.24) is 20.3 Å². The van der Waals surface area contributed by atoms with Gasteiger partial charge in [0.05, 0.1) is 24.8 Å². The molecule has 39 heavy (non-hydrogen) atoms. The fourth-order valence-electron chi connectivity index (χ4n) is 4.80. The highest BCUT2D eigenvalue weighted by Gasteiger charge is 2.49. The van der Waals surface area contributed by atoms with Gasteiger partial charge in [-0.25, -0.2) is 18.9 Å². The lowest BCUT2D eigenvalue weighted by molar-refractivity contribution is -0.130. The third-order valence-electron chi connectivity index (χ3n) is 6.95. The van der Waals surface area contributed by atoms with Crippen molar-refractivity contribution in [3.8, 4) is 21.8 Å². The molecule has 10 nitrogen and oxygen atoms in total. The molecule has 202 valence electrons. The second kappa shape index (κ2) is 11.1. The normalized spacial score (nSPS) is 18.8. The Morgan fingerprint density at radius 3 is 2.54 bits per heavy atom. The summed E-state index contributed by atoms with van der Waals surface area (Å²) >= 11 is 1.28. The summed E-state index contributed by atoms with van der Waals surface area (Å²) in [6, 6.07) is 14.7. The van der Waals surface area contributed by atoms with Crippen molar-refractivity contribution >= 4 is 33.0 Å². The Morgan fingerprint density at radius 2 is 1.85 bits per heavy atom. The van der Waals surface area contributed by atoms with Gasteiger partial charge in [-0.3, -0.25) is 19.8 Å². The maximum Gasteiger partial charge on any atom is 0.245 e. The number of hydrogen-bond acceptors (Lipinski definition) is 9. The van der Waals surface area contributed by atoms with E-state index in [4.69, 9.17) is 4.42 Å². The van der Waals surface area contributed by atoms with Gasteiger partial charge in [-0.15, -0.1) is 11.3 Å². The third-order valence-corrected chi connectivity index (χ3v) is 10.9. The number of carbonyl (C=O) groups excluding carboxylic acids is 2. The topological polar surface area (TPSA) is 143 Å². The Bertz CT molecular complexity index is 1550. The van der Waals surface area contributed by atoms with Crippen LogP contribution in [-0.2, 0) is 30.6 Å². The first-order chi connectivity index (χ1) is 18.8. The molecule has 1 saturated heterocycles. The van der Waals surface area contributed by atoms with Crippen LogP contribution >= 0.6 is 11.3 Å². The number of pyridine rings is 1. The van der Waals surface area contributed by atoms with Crippen molar-refractivity contribution in [2.24, 2.45) is 0 Å². The maximum atomic E-state index is 13.8. The van der Waals surface area contributed by atoms with Crippen molar-refractivity contribution in [3.63, 3.8) is 0 Å². The molecule has 0 aliphatic carbocycles. The number of oxazole rings is 1. The molecule has 12 heteroatoms. The van der Waals surface area contributed by atoms with Crippen molar-refractivity contribution in [2.45, 2.75) is 24.0 Å². The number of sulfone groups is 1. The standard InChI is InChI=1S/C27H26N4O6S2/c32-25(30-34)15-27(9-11-31(12-13-39(27,35)36)26(33)14-19-2-1-10-28-16-19)24-8-7-23(38-24)21-5-3-20(4-6-21)22-17-29-18-37-22/h1-8,10,16-18,34H,9,11-15H2,(H,30,32). The quantitative estimate of drug-likeness (QED) is 0.256. The van der Waals surface area contributed by atoms with E-state index in [-0.39, 0.29) is 37.6 Å². The molecule has 0 saturated carbocycles. The number of aromatic nitrogens is 2. The molecule has 0 radical (unpaired) electrons. The predicted molar refractivity (Wildman–Crippen MR) is 144 cm³/mol. The molecular weight excluding hydrogens is 540 g/mol. The fourth-order valence-corrected chi connectivity index (χ4v) is 8.41. The van der Waals surface area contributed by atoms with E-state index >= 15 is 0 Å². The second-order valence-electron chi connectivity index (χ2n) is 9.30. The average Bonchev–Trinajstić information content (AvgIpc) is 3.64. The molecule has 1 atom stereocenters. The molecule has 0 bridgehead atoms. The zero-order valence-electron chi connectivity index (χ0n) is 20.8. The number of nitrogens with one attached hydrogen (secondary N) is 1. The number of carbonyl (C=O) groups is 2. The summed E-state index contributed by atoms with van der Waals surface area (Å²) in [4.78, 5) is 36.3. The lowest BCUT2D eigenvalue weighted by atomic mass is 9.97. The summed E-state index contributed by atoms with van der Waals surface area (Å²) in [5, 5.41) is 9.29. The van der Waals surface area contributed by atoms with Gasteiger partial charge >= 0.3 is 0 Å². The Hall–Kier alpha value is -3.87. The summed E-state index contributed by atoms with van der Waals surface area (Å²) in [6.07, 6.45) is 5.87. The highest BCUT2D eigenvalue weighted by Crippen LogP contribution is 2.45. The van der Waals surface area contributed by atoms with Gasteiger partial charge in [0.25, 0.3) is 0 Å². The first kappa shape index (κ1) is 26.7. The van der Waals surface area contributed by atoms with Crippen LogP contribution in [0.3, 0.4) is 0 Å². The molecule has 1 aliphatic heterocycles. The van der Waals surface area contributed by atoms with Gasteiger partial charge in [-0.2, -0.15) is 0 Å². The smallest absolute Gasteiger partial charge is 0.245 e. The van der Waals surface area contributed by atoms with E-state index in [2.05, 4.69) is 9.97 Å². The molecule has 3 aromatic heterocycles. The van der Waals surface area contributed by atoms with Crippen LogP contribution in [0, 0.1) is 0 Å². The van der Waals surface area contributed by atoms with Crippen molar-refractivity contribution in [3.05, 3.63) is 84.0 Å². The van der Waals surface area contributed by atoms with Crippen molar-refractivity contribution < 1.29 is 27.6 Å². The highest BCUT2D eigenvalue weighted by molar-refractivity contribution is 7.92. The van der Waals surface area contributed by atoms with Crippen LogP contribution in [-0.4, -0.2) is 59.1 Å². The van der Waals surface area contributed by atoms with Crippen molar-refractivity contribution in [1.29, 1.82) is 0 Å². The van der Waals surface area contributed by atoms with Gasteiger partial charge in [-0.05, 0) is 35.7 Å². The van der Waals surface area contributed by atoms with Crippen LogP contribution in [0.4, 0.5) is 0 Å². The monoisotopic (exact) mass is 566 g/mol. The third kappa shape index (κ3) is 5.49. The lowest BCUT2D eigenvalue weighted by Crippen LogP contribution is -2.41. The zero-order chi connectivity index (χ0) is 27.5. The molecule has 1 aromatic carbocycles. The number of benzene rings is 1. The van der Waals surface area contributed by atoms with E-state index in [1.165, 1.54) is 22.6 Å². The van der Waals surface area contributed by atoms with Crippen LogP contribution < -0.4 is 5.48 Å². The first-order valence-corrected chi connectivity index (χ1v) is 14.7. The molecular formula is C27H26N4O6S2. The number of hydroxylamine groups is 1. The van der Waals surface area contributed by atoms with E-state index in [0.29, 0.717) is 10.6 Å². The summed E-state index contributed by atoms with van der Waals surface area (Å²) in [6.45, 7) is 0.168. The summed E-state index contributed by atoms with van der Waals surface area (Å²) in [5.74, 6) is -0.683. The van der Waals surface area contributed by atoms with Crippen LogP contribution in [0.2, 0.25) is 0 Å². The SMILES string of the molecule is O=C(CC1(c2ccc(-c3ccc(-c4cnco4)cc3)s2)CCN(C(=O)Cc2cccnc2)CCS1(=O)=O)NO. The van der Waals surface area contributed by atoms with E-state index in [9.17, 15) is 23.2 Å². The molecule has 1 aliphatic rings. The van der Waals surface area contributed by atoms with Gasteiger partial charge in [0, 0.05) is 40.8 Å². The van der Waals surface area contributed by atoms with E-state index in [1.54, 1.807) is 42.3 Å². The van der Waals surface area contributed by atoms with Crippen LogP contribution in [0.5, 0.6) is 0 Å². The van der Waals surface area contributed by atoms with Crippen LogP contribution in [0.15, 0.2) is 77.9 Å². The van der Waals surface area contributed by atoms with E-state index in [0.717, 1.165) is 21.6 Å². The fraction of sp³-hybridized carbons (Fsp3) is 0.259. The molecule has 1 fully saturated rings. The minimum Gasteiger partial charge on any atom is -0.444 e. The van der Waals surface area contributed by atoms with Gasteiger partial charge in [-0.1, -0.05) is 30.3 Å². The minimum atomic E-state index is -3.91. The number of thiophene rings is 1. The molecule has 2 N–H and O–H groups in total. The largest absolute Gasteiger partial charge is 0.444 e. The predicted octanol–water partition coefficient (Wildman–Crippen LogP) is 3.45. The average molecular weight is 567 g/mol. The maximum absolute atomic E-state index is 13.8. The number of amides is 2. The summed E-state index contributed by atoms with van der Waals surface area (Å²) < 4.78 is 31.4. The van der Waals surface area contributed by atoms with E-state index in [1.807, 2.05) is 30.3 Å². The minimum absolute atomic E-state index is 0.0191. The van der Waals surface area contributed by atoms with E-state index < -0.39 is 26.9 Å². The first-order valence-electron chi connectivity index (χ1n) is 12.2.